The maximum Gasteiger partial charge on any atom is 0.274 e. The molecule has 0 saturated heterocycles. The Morgan fingerprint density at radius 1 is 1.29 bits per heavy atom. The zero-order valence-electron chi connectivity index (χ0n) is 14.1. The first kappa shape index (κ1) is 15.9. The number of aryl methyl sites for hydroxylation is 3. The van der Waals surface area contributed by atoms with Gasteiger partial charge in [-0.15, -0.1) is 0 Å². The summed E-state index contributed by atoms with van der Waals surface area (Å²) >= 11 is 0. The number of carbonyl (C=O) groups is 1. The van der Waals surface area contributed by atoms with Crippen molar-refractivity contribution >= 4 is 5.91 Å². The lowest BCUT2D eigenvalue weighted by Gasteiger charge is -2.21. The Labute approximate surface area is 138 Å². The van der Waals surface area contributed by atoms with Crippen LogP contribution in [0.2, 0.25) is 0 Å². The molecular formula is C15H18N6O3. The fourth-order valence-corrected chi connectivity index (χ4v) is 2.21. The quantitative estimate of drug-likeness (QED) is 0.775. The van der Waals surface area contributed by atoms with Crippen LogP contribution in [0.15, 0.2) is 21.3 Å². The molecule has 0 aliphatic rings. The molecule has 0 aliphatic heterocycles. The normalized spacial score (nSPS) is 11.7. The van der Waals surface area contributed by atoms with E-state index in [0.717, 1.165) is 0 Å². The fourth-order valence-electron chi connectivity index (χ4n) is 2.21. The second-order valence-electron chi connectivity index (χ2n) is 6.05. The Bertz CT molecular complexity index is 889. The third-order valence-corrected chi connectivity index (χ3v) is 3.45. The van der Waals surface area contributed by atoms with Gasteiger partial charge in [-0.25, -0.2) is 4.98 Å². The van der Waals surface area contributed by atoms with Crippen LogP contribution in [0, 0.1) is 13.8 Å². The van der Waals surface area contributed by atoms with Gasteiger partial charge in [0.2, 0.25) is 5.89 Å². The molecule has 126 valence electrons. The van der Waals surface area contributed by atoms with E-state index in [1.54, 1.807) is 51.8 Å². The minimum atomic E-state index is -0.835. The largest absolute Gasteiger partial charge is 0.440 e. The van der Waals surface area contributed by atoms with Crippen LogP contribution in [0.25, 0.3) is 11.5 Å². The van der Waals surface area contributed by atoms with E-state index in [9.17, 15) is 4.79 Å². The standard InChI is InChI=1S/C15H18N6O3/c1-8-11(18-13(23-8)10-6-16-21(5)7-10)12(22)19-15(3,4)14-17-9(2)20-24-14/h6-7H,1-5H3,(H,19,22). The predicted molar refractivity (Wildman–Crippen MR) is 83.0 cm³/mol. The Morgan fingerprint density at radius 3 is 2.62 bits per heavy atom. The smallest absolute Gasteiger partial charge is 0.274 e. The molecule has 24 heavy (non-hydrogen) atoms. The van der Waals surface area contributed by atoms with Gasteiger partial charge < -0.3 is 14.3 Å². The molecule has 0 fully saturated rings. The Hall–Kier alpha value is -2.97. The molecule has 3 aromatic rings. The van der Waals surface area contributed by atoms with Crippen molar-refractivity contribution in [1.29, 1.82) is 0 Å². The summed E-state index contributed by atoms with van der Waals surface area (Å²) in [5.74, 6) is 1.21. The van der Waals surface area contributed by atoms with Crippen molar-refractivity contribution in [2.24, 2.45) is 7.05 Å². The van der Waals surface area contributed by atoms with E-state index in [-0.39, 0.29) is 11.6 Å². The summed E-state index contributed by atoms with van der Waals surface area (Å²) in [5.41, 5.74) is 0.0719. The summed E-state index contributed by atoms with van der Waals surface area (Å²) < 4.78 is 12.4. The summed E-state index contributed by atoms with van der Waals surface area (Å²) in [5, 5.41) is 10.6. The highest BCUT2D eigenvalue weighted by atomic mass is 16.5. The lowest BCUT2D eigenvalue weighted by molar-refractivity contribution is 0.0888. The molecule has 3 rings (SSSR count). The molecule has 0 saturated carbocycles. The van der Waals surface area contributed by atoms with Gasteiger partial charge in [0.1, 0.15) is 11.3 Å². The molecule has 9 heteroatoms. The number of nitrogens with one attached hydrogen (secondary N) is 1. The summed E-state index contributed by atoms with van der Waals surface area (Å²) in [6, 6.07) is 0. The Balaban J connectivity index is 1.84. The molecule has 1 amide bonds. The van der Waals surface area contributed by atoms with E-state index in [4.69, 9.17) is 8.94 Å². The van der Waals surface area contributed by atoms with Crippen molar-refractivity contribution in [3.63, 3.8) is 0 Å². The lowest BCUT2D eigenvalue weighted by atomic mass is 10.1. The van der Waals surface area contributed by atoms with E-state index in [1.165, 1.54) is 0 Å². The van der Waals surface area contributed by atoms with Crippen LogP contribution in [-0.4, -0.2) is 30.8 Å². The second-order valence-corrected chi connectivity index (χ2v) is 6.05. The zero-order valence-corrected chi connectivity index (χ0v) is 14.1. The van der Waals surface area contributed by atoms with E-state index >= 15 is 0 Å². The molecule has 0 bridgehead atoms. The molecule has 0 radical (unpaired) electrons. The number of amides is 1. The number of rotatable bonds is 4. The van der Waals surface area contributed by atoms with Gasteiger partial charge in [-0.2, -0.15) is 10.1 Å². The highest BCUT2D eigenvalue weighted by Gasteiger charge is 2.31. The van der Waals surface area contributed by atoms with Gasteiger partial charge in [-0.05, 0) is 27.7 Å². The van der Waals surface area contributed by atoms with Crippen LogP contribution >= 0.6 is 0 Å². The van der Waals surface area contributed by atoms with Gasteiger partial charge in [0.25, 0.3) is 11.8 Å². The summed E-state index contributed by atoms with van der Waals surface area (Å²) in [6.07, 6.45) is 3.39. The summed E-state index contributed by atoms with van der Waals surface area (Å²) in [6.45, 7) is 6.95. The van der Waals surface area contributed by atoms with Crippen molar-refractivity contribution < 1.29 is 13.7 Å². The number of hydrogen-bond acceptors (Lipinski definition) is 7. The number of hydrogen-bond donors (Lipinski definition) is 1. The first-order valence-corrected chi connectivity index (χ1v) is 7.36. The van der Waals surface area contributed by atoms with Crippen molar-refractivity contribution in [3.05, 3.63) is 35.6 Å². The number of nitrogens with zero attached hydrogens (tertiary/aromatic N) is 5. The van der Waals surface area contributed by atoms with Crippen LogP contribution in [0.5, 0.6) is 0 Å². The minimum absolute atomic E-state index is 0.207. The van der Waals surface area contributed by atoms with Crippen LogP contribution < -0.4 is 5.32 Å². The van der Waals surface area contributed by atoms with Gasteiger partial charge >= 0.3 is 0 Å². The number of oxazole rings is 1. The van der Waals surface area contributed by atoms with Gasteiger partial charge in [0.05, 0.1) is 11.8 Å². The maximum atomic E-state index is 12.6. The first-order chi connectivity index (χ1) is 11.3. The third-order valence-electron chi connectivity index (χ3n) is 3.45. The van der Waals surface area contributed by atoms with E-state index in [0.29, 0.717) is 28.9 Å². The molecule has 3 aromatic heterocycles. The van der Waals surface area contributed by atoms with Gasteiger partial charge in [-0.1, -0.05) is 5.16 Å². The summed E-state index contributed by atoms with van der Waals surface area (Å²) in [7, 11) is 1.79. The number of carbonyl (C=O) groups excluding carboxylic acids is 1. The molecule has 0 unspecified atom stereocenters. The average Bonchev–Trinajstić information content (AvgIpc) is 3.18. The molecule has 0 atom stereocenters. The monoisotopic (exact) mass is 330 g/mol. The highest BCUT2D eigenvalue weighted by Crippen LogP contribution is 2.23. The van der Waals surface area contributed by atoms with Crippen molar-refractivity contribution in [2.75, 3.05) is 0 Å². The van der Waals surface area contributed by atoms with E-state index in [1.807, 2.05) is 0 Å². The van der Waals surface area contributed by atoms with E-state index < -0.39 is 5.54 Å². The van der Waals surface area contributed by atoms with Gasteiger partial charge in [0.15, 0.2) is 11.5 Å². The van der Waals surface area contributed by atoms with Gasteiger partial charge in [0, 0.05) is 13.2 Å². The highest BCUT2D eigenvalue weighted by molar-refractivity contribution is 5.94. The SMILES string of the molecule is Cc1noc(C(C)(C)NC(=O)c2nc(-c3cnn(C)c3)oc2C)n1. The molecule has 0 spiro atoms. The Morgan fingerprint density at radius 2 is 2.04 bits per heavy atom. The topological polar surface area (TPSA) is 112 Å². The Kier molecular flexibility index (Phi) is 3.70. The molecule has 0 aliphatic carbocycles. The second kappa shape index (κ2) is 5.59. The molecule has 9 nitrogen and oxygen atoms in total. The molecule has 1 N–H and O–H groups in total. The van der Waals surface area contributed by atoms with Gasteiger partial charge in [-0.3, -0.25) is 9.48 Å². The van der Waals surface area contributed by atoms with Crippen LogP contribution in [0.3, 0.4) is 0 Å². The van der Waals surface area contributed by atoms with Crippen molar-refractivity contribution in [2.45, 2.75) is 33.2 Å². The van der Waals surface area contributed by atoms with Crippen molar-refractivity contribution in [1.82, 2.24) is 30.2 Å². The number of aromatic nitrogens is 5. The zero-order chi connectivity index (χ0) is 17.5. The summed E-state index contributed by atoms with van der Waals surface area (Å²) in [4.78, 5) is 21.0. The fraction of sp³-hybridized carbons (Fsp3) is 0.400. The molecule has 0 aromatic carbocycles. The maximum absolute atomic E-state index is 12.6. The van der Waals surface area contributed by atoms with E-state index in [2.05, 4.69) is 25.5 Å². The average molecular weight is 330 g/mol. The molecular weight excluding hydrogens is 312 g/mol. The van der Waals surface area contributed by atoms with Crippen molar-refractivity contribution in [3.8, 4) is 11.5 Å². The first-order valence-electron chi connectivity index (χ1n) is 7.36. The molecule has 3 heterocycles. The van der Waals surface area contributed by atoms with Crippen LogP contribution in [-0.2, 0) is 12.6 Å². The van der Waals surface area contributed by atoms with Crippen LogP contribution in [0.4, 0.5) is 0 Å². The van der Waals surface area contributed by atoms with Crippen LogP contribution in [0.1, 0.15) is 41.8 Å². The lowest BCUT2D eigenvalue weighted by Crippen LogP contribution is -2.41. The minimum Gasteiger partial charge on any atom is -0.440 e. The third kappa shape index (κ3) is 2.92. The predicted octanol–water partition coefficient (Wildman–Crippen LogP) is 1.74.